The van der Waals surface area contributed by atoms with Crippen LogP contribution in [-0.4, -0.2) is 51.1 Å². The van der Waals surface area contributed by atoms with Crippen molar-refractivity contribution in [3.8, 4) is 11.1 Å². The van der Waals surface area contributed by atoms with Gasteiger partial charge in [-0.1, -0.05) is 30.3 Å². The molecule has 1 aliphatic rings. The maximum absolute atomic E-state index is 4.49. The number of aromatic amines is 1. The van der Waals surface area contributed by atoms with Gasteiger partial charge in [-0.25, -0.2) is 0 Å². The molecule has 164 valence electrons. The summed E-state index contributed by atoms with van der Waals surface area (Å²) in [7, 11) is 4.17. The van der Waals surface area contributed by atoms with E-state index in [2.05, 4.69) is 75.0 Å². The Morgan fingerprint density at radius 2 is 1.84 bits per heavy atom. The van der Waals surface area contributed by atoms with Crippen LogP contribution in [0, 0.1) is 0 Å². The molecule has 0 bridgehead atoms. The second kappa shape index (κ2) is 9.10. The SMILES string of the molecule is CN(Cc1ccc(-c2ccc3[nH]nc(/C=C/c4cnn(C)c4)c3c2)cc1)C1CCNCC1. The van der Waals surface area contributed by atoms with Gasteiger partial charge in [-0.2, -0.15) is 10.2 Å². The third kappa shape index (κ3) is 4.52. The number of fused-ring (bicyclic) bond motifs is 1. The molecular formula is C26H30N6. The summed E-state index contributed by atoms with van der Waals surface area (Å²) in [6.07, 6.45) is 10.4. The van der Waals surface area contributed by atoms with E-state index in [9.17, 15) is 0 Å². The molecule has 0 saturated carbocycles. The monoisotopic (exact) mass is 426 g/mol. The minimum absolute atomic E-state index is 0.678. The topological polar surface area (TPSA) is 61.8 Å². The normalized spacial score (nSPS) is 15.3. The van der Waals surface area contributed by atoms with Crippen molar-refractivity contribution >= 4 is 23.1 Å². The molecule has 0 atom stereocenters. The van der Waals surface area contributed by atoms with E-state index in [1.807, 2.05) is 31.6 Å². The molecular weight excluding hydrogens is 396 g/mol. The van der Waals surface area contributed by atoms with Crippen molar-refractivity contribution in [3.63, 3.8) is 0 Å². The molecule has 4 aromatic rings. The first-order valence-corrected chi connectivity index (χ1v) is 11.3. The van der Waals surface area contributed by atoms with Gasteiger partial charge < -0.3 is 5.32 Å². The lowest BCUT2D eigenvalue weighted by atomic mass is 10.0. The average Bonchev–Trinajstić information content (AvgIpc) is 3.44. The standard InChI is InChI=1S/C26H30N6/c1-31(23-11-13-27-14-12-23)17-19-3-6-21(7-4-19)22-8-10-26-24(15-22)25(29-30-26)9-5-20-16-28-32(2)18-20/h3-10,15-16,18,23,27H,11-14,17H2,1-2H3,(H,29,30)/b9-5+. The molecule has 2 aromatic carbocycles. The van der Waals surface area contributed by atoms with Gasteiger partial charge in [0, 0.05) is 36.8 Å². The molecule has 0 amide bonds. The molecule has 2 N–H and O–H groups in total. The predicted molar refractivity (Wildman–Crippen MR) is 131 cm³/mol. The van der Waals surface area contributed by atoms with Crippen LogP contribution in [0.3, 0.4) is 0 Å². The van der Waals surface area contributed by atoms with Crippen LogP contribution >= 0.6 is 0 Å². The summed E-state index contributed by atoms with van der Waals surface area (Å²) in [5.41, 5.74) is 6.83. The van der Waals surface area contributed by atoms with Gasteiger partial charge in [0.2, 0.25) is 0 Å². The molecule has 1 fully saturated rings. The number of hydrogen-bond donors (Lipinski definition) is 2. The number of nitrogens with one attached hydrogen (secondary N) is 2. The molecule has 6 heteroatoms. The summed E-state index contributed by atoms with van der Waals surface area (Å²) >= 11 is 0. The molecule has 0 spiro atoms. The summed E-state index contributed by atoms with van der Waals surface area (Å²) in [4.78, 5) is 2.49. The van der Waals surface area contributed by atoms with Crippen LogP contribution < -0.4 is 5.32 Å². The van der Waals surface area contributed by atoms with Gasteiger partial charge in [-0.3, -0.25) is 14.7 Å². The number of hydrogen-bond acceptors (Lipinski definition) is 4. The fourth-order valence-electron chi connectivity index (χ4n) is 4.51. The van der Waals surface area contributed by atoms with Crippen molar-refractivity contribution in [1.29, 1.82) is 0 Å². The number of piperidine rings is 1. The number of aryl methyl sites for hydroxylation is 1. The maximum atomic E-state index is 4.49. The summed E-state index contributed by atoms with van der Waals surface area (Å²) in [5.74, 6) is 0. The van der Waals surface area contributed by atoms with Crippen molar-refractivity contribution in [2.45, 2.75) is 25.4 Å². The highest BCUT2D eigenvalue weighted by Crippen LogP contribution is 2.27. The van der Waals surface area contributed by atoms with Gasteiger partial charge in [0.25, 0.3) is 0 Å². The van der Waals surface area contributed by atoms with Crippen molar-refractivity contribution < 1.29 is 0 Å². The molecule has 1 aliphatic heterocycles. The van der Waals surface area contributed by atoms with Crippen LogP contribution in [0.5, 0.6) is 0 Å². The Hall–Kier alpha value is -3.22. The van der Waals surface area contributed by atoms with Crippen LogP contribution in [0.4, 0.5) is 0 Å². The predicted octanol–water partition coefficient (Wildman–Crippen LogP) is 4.32. The van der Waals surface area contributed by atoms with E-state index in [4.69, 9.17) is 0 Å². The van der Waals surface area contributed by atoms with Gasteiger partial charge in [-0.05, 0) is 74.0 Å². The molecule has 2 aromatic heterocycles. The minimum Gasteiger partial charge on any atom is -0.317 e. The molecule has 5 rings (SSSR count). The Morgan fingerprint density at radius 1 is 1.06 bits per heavy atom. The largest absolute Gasteiger partial charge is 0.317 e. The van der Waals surface area contributed by atoms with E-state index < -0.39 is 0 Å². The van der Waals surface area contributed by atoms with E-state index in [1.54, 1.807) is 4.68 Å². The van der Waals surface area contributed by atoms with Crippen LogP contribution in [-0.2, 0) is 13.6 Å². The minimum atomic E-state index is 0.678. The second-order valence-corrected chi connectivity index (χ2v) is 8.74. The number of H-pyrrole nitrogens is 1. The fourth-order valence-corrected chi connectivity index (χ4v) is 4.51. The Kier molecular flexibility index (Phi) is 5.88. The highest BCUT2D eigenvalue weighted by Gasteiger charge is 2.17. The second-order valence-electron chi connectivity index (χ2n) is 8.74. The maximum Gasteiger partial charge on any atom is 0.0927 e. The van der Waals surface area contributed by atoms with E-state index >= 15 is 0 Å². The smallest absolute Gasteiger partial charge is 0.0927 e. The van der Waals surface area contributed by atoms with Gasteiger partial charge in [-0.15, -0.1) is 0 Å². The molecule has 3 heterocycles. The lowest BCUT2D eigenvalue weighted by Crippen LogP contribution is -2.40. The van der Waals surface area contributed by atoms with E-state index in [0.29, 0.717) is 6.04 Å². The highest BCUT2D eigenvalue weighted by molar-refractivity contribution is 5.92. The van der Waals surface area contributed by atoms with Crippen molar-refractivity contribution in [3.05, 3.63) is 71.7 Å². The van der Waals surface area contributed by atoms with Crippen LogP contribution in [0.2, 0.25) is 0 Å². The number of nitrogens with zero attached hydrogens (tertiary/aromatic N) is 4. The van der Waals surface area contributed by atoms with Crippen LogP contribution in [0.15, 0.2) is 54.9 Å². The Labute approximate surface area is 188 Å². The number of benzene rings is 2. The molecule has 0 radical (unpaired) electrons. The highest BCUT2D eigenvalue weighted by atomic mass is 15.2. The summed E-state index contributed by atoms with van der Waals surface area (Å²) in [6.45, 7) is 3.25. The number of aromatic nitrogens is 4. The molecule has 0 unspecified atom stereocenters. The first kappa shape index (κ1) is 20.7. The van der Waals surface area contributed by atoms with Crippen LogP contribution in [0.25, 0.3) is 34.2 Å². The van der Waals surface area contributed by atoms with E-state index in [0.717, 1.165) is 41.8 Å². The Morgan fingerprint density at radius 3 is 2.59 bits per heavy atom. The quantitative estimate of drug-likeness (QED) is 0.482. The van der Waals surface area contributed by atoms with E-state index in [1.165, 1.54) is 29.5 Å². The van der Waals surface area contributed by atoms with Crippen molar-refractivity contribution in [2.75, 3.05) is 20.1 Å². The lowest BCUT2D eigenvalue weighted by Gasteiger charge is -2.31. The summed E-state index contributed by atoms with van der Waals surface area (Å²) in [5, 5.41) is 16.4. The first-order chi connectivity index (χ1) is 15.7. The summed E-state index contributed by atoms with van der Waals surface area (Å²) < 4.78 is 1.80. The average molecular weight is 427 g/mol. The van der Waals surface area contributed by atoms with Crippen molar-refractivity contribution in [1.82, 2.24) is 30.2 Å². The zero-order valence-corrected chi connectivity index (χ0v) is 18.8. The van der Waals surface area contributed by atoms with E-state index in [-0.39, 0.29) is 0 Å². The molecule has 6 nitrogen and oxygen atoms in total. The van der Waals surface area contributed by atoms with Gasteiger partial charge in [0.1, 0.15) is 0 Å². The van der Waals surface area contributed by atoms with Gasteiger partial charge in [0.05, 0.1) is 17.4 Å². The van der Waals surface area contributed by atoms with Gasteiger partial charge >= 0.3 is 0 Å². The fraction of sp³-hybridized carbons (Fsp3) is 0.308. The third-order valence-electron chi connectivity index (χ3n) is 6.40. The third-order valence-corrected chi connectivity index (χ3v) is 6.40. The first-order valence-electron chi connectivity index (χ1n) is 11.3. The Bertz CT molecular complexity index is 1210. The van der Waals surface area contributed by atoms with Crippen LogP contribution in [0.1, 0.15) is 29.7 Å². The number of rotatable bonds is 6. The lowest BCUT2D eigenvalue weighted by molar-refractivity contribution is 0.192. The van der Waals surface area contributed by atoms with Gasteiger partial charge in [0.15, 0.2) is 0 Å². The zero-order chi connectivity index (χ0) is 21.9. The van der Waals surface area contributed by atoms with Crippen molar-refractivity contribution in [2.24, 2.45) is 7.05 Å². The molecule has 0 aliphatic carbocycles. The summed E-state index contributed by atoms with van der Waals surface area (Å²) in [6, 6.07) is 16.2. The molecule has 32 heavy (non-hydrogen) atoms. The molecule has 1 saturated heterocycles. The Balaban J connectivity index is 1.33. The zero-order valence-electron chi connectivity index (χ0n) is 18.8.